The number of methoxy groups -OCH3 is 1. The molecular weight excluding hydrogens is 352 g/mol. The van der Waals surface area contributed by atoms with Crippen LogP contribution >= 0.6 is 11.6 Å². The molecule has 6 nitrogen and oxygen atoms in total. The van der Waals surface area contributed by atoms with Crippen LogP contribution in [0.15, 0.2) is 53.8 Å². The van der Waals surface area contributed by atoms with Crippen molar-refractivity contribution in [3.8, 4) is 11.5 Å². The molecule has 2 aromatic carbocycles. The first-order chi connectivity index (χ1) is 12.5. The SMILES string of the molecule is COc1ccc(C=Nn2cc(C)nc2N)cc1COc1ccc(Cl)cc1. The Morgan fingerprint density at radius 3 is 2.65 bits per heavy atom. The summed E-state index contributed by atoms with van der Waals surface area (Å²) < 4.78 is 12.8. The van der Waals surface area contributed by atoms with Gasteiger partial charge in [0.15, 0.2) is 0 Å². The van der Waals surface area contributed by atoms with Crippen molar-refractivity contribution < 1.29 is 9.47 Å². The number of aryl methyl sites for hydroxylation is 1. The second kappa shape index (κ2) is 7.93. The van der Waals surface area contributed by atoms with E-state index >= 15 is 0 Å². The third-order valence-electron chi connectivity index (χ3n) is 3.68. The van der Waals surface area contributed by atoms with E-state index in [4.69, 9.17) is 26.8 Å². The molecule has 0 saturated heterocycles. The molecule has 3 rings (SSSR count). The van der Waals surface area contributed by atoms with E-state index < -0.39 is 0 Å². The van der Waals surface area contributed by atoms with E-state index in [-0.39, 0.29) is 0 Å². The lowest BCUT2D eigenvalue weighted by molar-refractivity contribution is 0.296. The lowest BCUT2D eigenvalue weighted by atomic mass is 10.1. The Morgan fingerprint density at radius 1 is 1.23 bits per heavy atom. The van der Waals surface area contributed by atoms with Crippen molar-refractivity contribution in [2.24, 2.45) is 5.10 Å². The molecule has 26 heavy (non-hydrogen) atoms. The van der Waals surface area contributed by atoms with Crippen LogP contribution in [0.2, 0.25) is 5.02 Å². The first-order valence-electron chi connectivity index (χ1n) is 7.96. The minimum atomic E-state index is 0.346. The molecule has 1 aromatic heterocycles. The summed E-state index contributed by atoms with van der Waals surface area (Å²) in [4.78, 5) is 4.12. The van der Waals surface area contributed by atoms with Crippen LogP contribution < -0.4 is 15.2 Å². The quantitative estimate of drug-likeness (QED) is 0.668. The van der Waals surface area contributed by atoms with E-state index in [1.807, 2.05) is 37.3 Å². The average molecular weight is 371 g/mol. The Bertz CT molecular complexity index is 920. The zero-order valence-electron chi connectivity index (χ0n) is 14.5. The number of aromatic nitrogens is 2. The van der Waals surface area contributed by atoms with E-state index in [0.29, 0.717) is 17.6 Å². The highest BCUT2D eigenvalue weighted by atomic mass is 35.5. The molecule has 0 aliphatic heterocycles. The number of benzene rings is 2. The number of nitrogens with two attached hydrogens (primary N) is 1. The number of hydrogen-bond donors (Lipinski definition) is 1. The largest absolute Gasteiger partial charge is 0.496 e. The maximum absolute atomic E-state index is 5.89. The summed E-state index contributed by atoms with van der Waals surface area (Å²) in [5, 5.41) is 5.00. The fourth-order valence-corrected chi connectivity index (χ4v) is 2.53. The van der Waals surface area contributed by atoms with Gasteiger partial charge in [-0.05, 0) is 55.0 Å². The molecule has 0 fully saturated rings. The summed E-state index contributed by atoms with van der Waals surface area (Å²) in [6.45, 7) is 2.22. The highest BCUT2D eigenvalue weighted by Crippen LogP contribution is 2.23. The summed E-state index contributed by atoms with van der Waals surface area (Å²) in [7, 11) is 1.63. The molecule has 7 heteroatoms. The van der Waals surface area contributed by atoms with Crippen molar-refractivity contribution >= 4 is 23.8 Å². The molecule has 2 N–H and O–H groups in total. The Labute approximate surface area is 156 Å². The summed E-state index contributed by atoms with van der Waals surface area (Å²) in [6, 6.07) is 13.0. The third kappa shape index (κ3) is 4.34. The molecule has 0 unspecified atom stereocenters. The minimum Gasteiger partial charge on any atom is -0.496 e. The molecule has 0 aliphatic carbocycles. The number of rotatable bonds is 6. The van der Waals surface area contributed by atoms with Crippen LogP contribution in [0, 0.1) is 6.92 Å². The van der Waals surface area contributed by atoms with E-state index in [0.717, 1.165) is 28.3 Å². The molecule has 0 atom stereocenters. The number of hydrogen-bond acceptors (Lipinski definition) is 5. The van der Waals surface area contributed by atoms with Crippen LogP contribution in [0.3, 0.4) is 0 Å². The smallest absolute Gasteiger partial charge is 0.221 e. The molecule has 3 aromatic rings. The summed E-state index contributed by atoms with van der Waals surface area (Å²) in [5.74, 6) is 1.82. The average Bonchev–Trinajstić information content (AvgIpc) is 2.97. The molecule has 0 bridgehead atoms. The summed E-state index contributed by atoms with van der Waals surface area (Å²) in [6.07, 6.45) is 3.47. The van der Waals surface area contributed by atoms with Gasteiger partial charge in [-0.3, -0.25) is 0 Å². The molecule has 134 valence electrons. The maximum Gasteiger partial charge on any atom is 0.221 e. The Hall–Kier alpha value is -2.99. The predicted molar refractivity (Wildman–Crippen MR) is 103 cm³/mol. The van der Waals surface area contributed by atoms with Gasteiger partial charge in [0.2, 0.25) is 5.95 Å². The number of ether oxygens (including phenoxy) is 2. The molecular formula is C19H19ClN4O2. The molecule has 0 amide bonds. The predicted octanol–water partition coefficient (Wildman–Crippen LogP) is 3.90. The highest BCUT2D eigenvalue weighted by Gasteiger charge is 2.06. The van der Waals surface area contributed by atoms with Gasteiger partial charge < -0.3 is 15.2 Å². The normalized spacial score (nSPS) is 11.0. The van der Waals surface area contributed by atoms with Crippen LogP contribution in [0.25, 0.3) is 0 Å². The van der Waals surface area contributed by atoms with Gasteiger partial charge in [0.05, 0.1) is 25.2 Å². The van der Waals surface area contributed by atoms with E-state index in [1.54, 1.807) is 31.7 Å². The zero-order valence-corrected chi connectivity index (χ0v) is 15.3. The van der Waals surface area contributed by atoms with Gasteiger partial charge in [-0.25, -0.2) is 9.66 Å². The third-order valence-corrected chi connectivity index (χ3v) is 3.93. The number of imidazole rings is 1. The maximum atomic E-state index is 5.89. The number of nitrogen functional groups attached to an aromatic ring is 1. The van der Waals surface area contributed by atoms with Crippen molar-refractivity contribution in [3.05, 3.63) is 70.5 Å². The fraction of sp³-hybridized carbons (Fsp3) is 0.158. The van der Waals surface area contributed by atoms with Crippen LogP contribution in [-0.2, 0) is 6.61 Å². The second-order valence-electron chi connectivity index (χ2n) is 5.64. The van der Waals surface area contributed by atoms with Gasteiger partial charge in [0.1, 0.15) is 18.1 Å². The molecule has 0 spiro atoms. The van der Waals surface area contributed by atoms with Crippen LogP contribution in [0.4, 0.5) is 5.95 Å². The van der Waals surface area contributed by atoms with Gasteiger partial charge in [0.25, 0.3) is 0 Å². The summed E-state index contributed by atoms with van der Waals surface area (Å²) >= 11 is 5.89. The van der Waals surface area contributed by atoms with Crippen LogP contribution in [0.5, 0.6) is 11.5 Å². The first kappa shape index (κ1) is 17.8. The van der Waals surface area contributed by atoms with Crippen LogP contribution in [-0.4, -0.2) is 23.0 Å². The number of nitrogens with zero attached hydrogens (tertiary/aromatic N) is 3. The molecule has 1 heterocycles. The standard InChI is InChI=1S/C19H19ClN4O2/c1-13-11-24(19(21)23-13)22-10-14-3-8-18(25-2)15(9-14)12-26-17-6-4-16(20)5-7-17/h3-11H,12H2,1-2H3,(H2,21,23). The van der Waals surface area contributed by atoms with E-state index in [9.17, 15) is 0 Å². The second-order valence-corrected chi connectivity index (χ2v) is 6.08. The van der Waals surface area contributed by atoms with Crippen molar-refractivity contribution in [1.82, 2.24) is 9.66 Å². The minimum absolute atomic E-state index is 0.346. The Morgan fingerprint density at radius 2 is 2.00 bits per heavy atom. The highest BCUT2D eigenvalue weighted by molar-refractivity contribution is 6.30. The van der Waals surface area contributed by atoms with Gasteiger partial charge in [0, 0.05) is 10.6 Å². The van der Waals surface area contributed by atoms with Crippen molar-refractivity contribution in [1.29, 1.82) is 0 Å². The fourth-order valence-electron chi connectivity index (χ4n) is 2.41. The lowest BCUT2D eigenvalue weighted by Crippen LogP contribution is -2.01. The van der Waals surface area contributed by atoms with Gasteiger partial charge in [-0.15, -0.1) is 0 Å². The van der Waals surface area contributed by atoms with Crippen molar-refractivity contribution in [2.75, 3.05) is 12.8 Å². The molecule has 0 aliphatic rings. The number of halogens is 1. The van der Waals surface area contributed by atoms with Gasteiger partial charge in [-0.1, -0.05) is 11.6 Å². The Balaban J connectivity index is 1.77. The van der Waals surface area contributed by atoms with Crippen molar-refractivity contribution in [3.63, 3.8) is 0 Å². The monoisotopic (exact) mass is 370 g/mol. The first-order valence-corrected chi connectivity index (χ1v) is 8.34. The van der Waals surface area contributed by atoms with E-state index in [1.165, 1.54) is 4.68 Å². The van der Waals surface area contributed by atoms with Gasteiger partial charge >= 0.3 is 0 Å². The lowest BCUT2D eigenvalue weighted by Gasteiger charge is -2.11. The Kier molecular flexibility index (Phi) is 5.43. The topological polar surface area (TPSA) is 74.7 Å². The van der Waals surface area contributed by atoms with Gasteiger partial charge in [-0.2, -0.15) is 5.10 Å². The zero-order chi connectivity index (χ0) is 18.5. The van der Waals surface area contributed by atoms with Crippen LogP contribution in [0.1, 0.15) is 16.8 Å². The summed E-state index contributed by atoms with van der Waals surface area (Å²) in [5.41, 5.74) is 8.40. The van der Waals surface area contributed by atoms with Crippen molar-refractivity contribution in [2.45, 2.75) is 13.5 Å². The molecule has 0 saturated carbocycles. The molecule has 0 radical (unpaired) electrons. The van der Waals surface area contributed by atoms with E-state index in [2.05, 4.69) is 10.1 Å². The number of anilines is 1.